The molecule has 0 unspecified atom stereocenters. The van der Waals surface area contributed by atoms with E-state index in [0.29, 0.717) is 32.5 Å². The number of carbonyl (C=O) groups is 2. The fourth-order valence-corrected chi connectivity index (χ4v) is 4.07. The third-order valence-electron chi connectivity index (χ3n) is 5.74. The lowest BCUT2D eigenvalue weighted by atomic mass is 10.0. The normalized spacial score (nSPS) is 16.1. The van der Waals surface area contributed by atoms with Gasteiger partial charge in [-0.3, -0.25) is 9.59 Å². The Kier molecular flexibility index (Phi) is 6.13. The summed E-state index contributed by atoms with van der Waals surface area (Å²) in [5.74, 6) is 1.20. The zero-order valence-corrected chi connectivity index (χ0v) is 16.8. The molecule has 0 aliphatic carbocycles. The molecular weight excluding hydrogens is 364 g/mol. The Morgan fingerprint density at radius 3 is 2.45 bits per heavy atom. The molecule has 1 fully saturated rings. The lowest BCUT2D eigenvalue weighted by Gasteiger charge is -2.20. The van der Waals surface area contributed by atoms with E-state index < -0.39 is 0 Å². The first-order chi connectivity index (χ1) is 14.2. The zero-order valence-electron chi connectivity index (χ0n) is 16.8. The zero-order chi connectivity index (χ0) is 20.1. The molecule has 5 nitrogen and oxygen atoms in total. The van der Waals surface area contributed by atoms with Gasteiger partial charge in [0.15, 0.2) is 0 Å². The minimum absolute atomic E-state index is 0.113. The Bertz CT molecular complexity index is 860. The van der Waals surface area contributed by atoms with Crippen molar-refractivity contribution < 1.29 is 14.3 Å². The van der Waals surface area contributed by atoms with Crippen molar-refractivity contribution in [3.8, 4) is 5.75 Å². The summed E-state index contributed by atoms with van der Waals surface area (Å²) in [5, 5.41) is 0. The summed E-state index contributed by atoms with van der Waals surface area (Å²) in [5.41, 5.74) is 3.17. The number of carbonyl (C=O) groups excluding carboxylic acids is 2. The molecule has 4 rings (SSSR count). The van der Waals surface area contributed by atoms with Crippen molar-refractivity contribution >= 4 is 11.8 Å². The predicted octanol–water partition coefficient (Wildman–Crippen LogP) is 3.21. The number of hydrogen-bond acceptors (Lipinski definition) is 3. The first kappa shape index (κ1) is 19.5. The Labute approximate surface area is 172 Å². The Morgan fingerprint density at radius 1 is 0.862 bits per heavy atom. The van der Waals surface area contributed by atoms with E-state index in [1.165, 1.54) is 0 Å². The van der Waals surface area contributed by atoms with Crippen molar-refractivity contribution in [3.05, 3.63) is 65.2 Å². The van der Waals surface area contributed by atoms with Gasteiger partial charge < -0.3 is 14.5 Å². The number of benzene rings is 2. The number of likely N-dealkylation sites (tertiary alicyclic amines) is 1. The Morgan fingerprint density at radius 2 is 1.66 bits per heavy atom. The number of ether oxygens (including phenoxy) is 1. The van der Waals surface area contributed by atoms with Crippen LogP contribution in [0.5, 0.6) is 5.75 Å². The highest BCUT2D eigenvalue weighted by Gasteiger charge is 2.21. The van der Waals surface area contributed by atoms with Crippen molar-refractivity contribution in [2.75, 3.05) is 26.2 Å². The van der Waals surface area contributed by atoms with Gasteiger partial charge in [0.25, 0.3) is 0 Å². The molecule has 0 atom stereocenters. The number of rotatable bonds is 5. The largest absolute Gasteiger partial charge is 0.491 e. The standard InChI is InChI=1S/C24H28N2O3/c27-23(25-12-4-5-13-25)11-9-20-8-10-22-21(16-20)18-26(14-15-29-22)24(28)17-19-6-2-1-3-7-19/h1-3,6-8,10,16H,4-5,9,11-15,17-18H2. The third-order valence-corrected chi connectivity index (χ3v) is 5.74. The Balaban J connectivity index is 1.40. The number of hydrogen-bond donors (Lipinski definition) is 0. The fraction of sp³-hybridized carbons (Fsp3) is 0.417. The Hall–Kier alpha value is -2.82. The fourth-order valence-electron chi connectivity index (χ4n) is 4.07. The summed E-state index contributed by atoms with van der Waals surface area (Å²) in [4.78, 5) is 29.0. The summed E-state index contributed by atoms with van der Waals surface area (Å²) >= 11 is 0. The van der Waals surface area contributed by atoms with Crippen molar-refractivity contribution in [2.24, 2.45) is 0 Å². The maximum atomic E-state index is 12.8. The highest BCUT2D eigenvalue weighted by molar-refractivity contribution is 5.79. The maximum absolute atomic E-state index is 12.8. The van der Waals surface area contributed by atoms with Gasteiger partial charge in [-0.2, -0.15) is 0 Å². The molecule has 29 heavy (non-hydrogen) atoms. The van der Waals surface area contributed by atoms with Crippen LogP contribution in [0.15, 0.2) is 48.5 Å². The van der Waals surface area contributed by atoms with Crippen LogP contribution < -0.4 is 4.74 Å². The van der Waals surface area contributed by atoms with Crippen molar-refractivity contribution in [2.45, 2.75) is 38.6 Å². The van der Waals surface area contributed by atoms with Gasteiger partial charge in [0.1, 0.15) is 12.4 Å². The summed E-state index contributed by atoms with van der Waals surface area (Å²) in [7, 11) is 0. The molecule has 2 amide bonds. The lowest BCUT2D eigenvalue weighted by Crippen LogP contribution is -2.33. The molecule has 2 aromatic carbocycles. The van der Waals surface area contributed by atoms with Crippen LogP contribution in [0.3, 0.4) is 0 Å². The SMILES string of the molecule is O=C(CCc1ccc2c(c1)CN(C(=O)Cc1ccccc1)CCO2)N1CCCC1. The van der Waals surface area contributed by atoms with E-state index >= 15 is 0 Å². The molecule has 2 heterocycles. The molecule has 1 saturated heterocycles. The number of fused-ring (bicyclic) bond motifs is 1. The molecule has 0 aromatic heterocycles. The number of nitrogens with zero attached hydrogens (tertiary/aromatic N) is 2. The van der Waals surface area contributed by atoms with E-state index in [0.717, 1.165) is 54.8 Å². The van der Waals surface area contributed by atoms with Crippen LogP contribution in [0.2, 0.25) is 0 Å². The van der Waals surface area contributed by atoms with Gasteiger partial charge in [0.2, 0.25) is 11.8 Å². The van der Waals surface area contributed by atoms with E-state index in [2.05, 4.69) is 6.07 Å². The second-order valence-corrected chi connectivity index (χ2v) is 7.86. The second kappa shape index (κ2) is 9.12. The highest BCUT2D eigenvalue weighted by Crippen LogP contribution is 2.25. The molecule has 152 valence electrons. The van der Waals surface area contributed by atoms with Gasteiger partial charge in [-0.1, -0.05) is 42.5 Å². The summed E-state index contributed by atoms with van der Waals surface area (Å²) in [6.45, 7) is 3.43. The minimum atomic E-state index is 0.113. The van der Waals surface area contributed by atoms with Crippen LogP contribution in [0.25, 0.3) is 0 Å². The van der Waals surface area contributed by atoms with Gasteiger partial charge in [0.05, 0.1) is 13.0 Å². The van der Waals surface area contributed by atoms with Gasteiger partial charge in [0, 0.05) is 31.6 Å². The summed E-state index contributed by atoms with van der Waals surface area (Å²) in [6, 6.07) is 16.0. The molecular formula is C24H28N2O3. The van der Waals surface area contributed by atoms with Crippen LogP contribution in [0, 0.1) is 0 Å². The average molecular weight is 392 g/mol. The second-order valence-electron chi connectivity index (χ2n) is 7.86. The highest BCUT2D eigenvalue weighted by atomic mass is 16.5. The van der Waals surface area contributed by atoms with Crippen molar-refractivity contribution in [1.29, 1.82) is 0 Å². The van der Waals surface area contributed by atoms with Crippen molar-refractivity contribution in [3.63, 3.8) is 0 Å². The molecule has 2 aliphatic rings. The molecule has 0 radical (unpaired) electrons. The topological polar surface area (TPSA) is 49.9 Å². The first-order valence-corrected chi connectivity index (χ1v) is 10.5. The van der Waals surface area contributed by atoms with Gasteiger partial charge in [-0.05, 0) is 36.5 Å². The van der Waals surface area contributed by atoms with Gasteiger partial charge in [-0.25, -0.2) is 0 Å². The molecule has 2 aromatic rings. The van der Waals surface area contributed by atoms with Crippen LogP contribution >= 0.6 is 0 Å². The summed E-state index contributed by atoms with van der Waals surface area (Å²) in [6.07, 6.45) is 3.90. The first-order valence-electron chi connectivity index (χ1n) is 10.5. The molecule has 0 bridgehead atoms. The minimum Gasteiger partial charge on any atom is -0.491 e. The van der Waals surface area contributed by atoms with E-state index in [4.69, 9.17) is 4.74 Å². The van der Waals surface area contributed by atoms with Gasteiger partial charge in [-0.15, -0.1) is 0 Å². The van der Waals surface area contributed by atoms with E-state index in [1.807, 2.05) is 52.3 Å². The lowest BCUT2D eigenvalue weighted by molar-refractivity contribution is -0.131. The predicted molar refractivity (Wildman–Crippen MR) is 112 cm³/mol. The quantitative estimate of drug-likeness (QED) is 0.785. The van der Waals surface area contributed by atoms with E-state index in [1.54, 1.807) is 0 Å². The van der Waals surface area contributed by atoms with Crippen molar-refractivity contribution in [1.82, 2.24) is 9.80 Å². The van der Waals surface area contributed by atoms with E-state index in [-0.39, 0.29) is 11.8 Å². The number of amides is 2. The third kappa shape index (κ3) is 4.97. The number of aryl methyl sites for hydroxylation is 1. The van der Waals surface area contributed by atoms with Crippen LogP contribution in [0.1, 0.15) is 36.0 Å². The molecule has 0 spiro atoms. The molecule has 0 saturated carbocycles. The smallest absolute Gasteiger partial charge is 0.227 e. The van der Waals surface area contributed by atoms with Gasteiger partial charge >= 0.3 is 0 Å². The molecule has 0 N–H and O–H groups in total. The molecule has 5 heteroatoms. The van der Waals surface area contributed by atoms with Crippen LogP contribution in [-0.2, 0) is 29.0 Å². The maximum Gasteiger partial charge on any atom is 0.227 e. The molecule has 2 aliphatic heterocycles. The average Bonchev–Trinajstić information content (AvgIpc) is 3.19. The summed E-state index contributed by atoms with van der Waals surface area (Å²) < 4.78 is 5.87. The van der Waals surface area contributed by atoms with Crippen LogP contribution in [0.4, 0.5) is 0 Å². The van der Waals surface area contributed by atoms with E-state index in [9.17, 15) is 9.59 Å². The van der Waals surface area contributed by atoms with Crippen LogP contribution in [-0.4, -0.2) is 47.9 Å². The monoisotopic (exact) mass is 392 g/mol.